The number of aliphatic hydroxyl groups excluding tert-OH is 1. The van der Waals surface area contributed by atoms with Crippen LogP contribution in [0.25, 0.3) is 0 Å². The maximum atomic E-state index is 12.3. The third-order valence-corrected chi connectivity index (χ3v) is 9.82. The van der Waals surface area contributed by atoms with E-state index in [1.165, 1.54) is 180 Å². The van der Waals surface area contributed by atoms with E-state index in [0.29, 0.717) is 6.42 Å². The molecular formula is C39H78O3S. The topological polar surface area (TPSA) is 46.5 Å². The molecule has 0 aliphatic carbocycles. The average molecular weight is 627 g/mol. The summed E-state index contributed by atoms with van der Waals surface area (Å²) in [6.45, 7) is 4.44. The summed E-state index contributed by atoms with van der Waals surface area (Å²) in [5, 5.41) is 9.69. The lowest BCUT2D eigenvalue weighted by Crippen LogP contribution is -2.31. The predicted molar refractivity (Wildman–Crippen MR) is 193 cm³/mol. The minimum absolute atomic E-state index is 0.0679. The summed E-state index contributed by atoms with van der Waals surface area (Å²) in [7, 11) is 0. The van der Waals surface area contributed by atoms with E-state index in [9.17, 15) is 9.90 Å². The van der Waals surface area contributed by atoms with E-state index in [2.05, 4.69) is 26.5 Å². The number of hydrogen-bond donors (Lipinski definition) is 2. The highest BCUT2D eigenvalue weighted by Crippen LogP contribution is 2.19. The molecule has 2 atom stereocenters. The van der Waals surface area contributed by atoms with Crippen molar-refractivity contribution in [2.24, 2.45) is 0 Å². The fraction of sp³-hybridized carbons (Fsp3) is 0.974. The average Bonchev–Trinajstić information content (AvgIpc) is 3.01. The second-order valence-corrected chi connectivity index (χ2v) is 14.2. The van der Waals surface area contributed by atoms with E-state index in [4.69, 9.17) is 4.74 Å². The molecule has 0 aliphatic rings. The number of ether oxygens (including phenoxy) is 1. The summed E-state index contributed by atoms with van der Waals surface area (Å²) in [4.78, 5) is 12.3. The van der Waals surface area contributed by atoms with Gasteiger partial charge >= 0.3 is 5.97 Å². The first-order chi connectivity index (χ1) is 21.2. The van der Waals surface area contributed by atoms with Crippen molar-refractivity contribution < 1.29 is 14.6 Å². The Kier molecular flexibility index (Phi) is 36.1. The number of unbranched alkanes of at least 4 members (excludes halogenated alkanes) is 29. The largest absolute Gasteiger partial charge is 0.459 e. The zero-order valence-corrected chi connectivity index (χ0v) is 30.3. The predicted octanol–water partition coefficient (Wildman–Crippen LogP) is 13.1. The molecule has 43 heavy (non-hydrogen) atoms. The van der Waals surface area contributed by atoms with E-state index in [-0.39, 0.29) is 17.8 Å². The molecule has 0 aliphatic heterocycles. The zero-order chi connectivity index (χ0) is 31.5. The van der Waals surface area contributed by atoms with Crippen LogP contribution in [-0.2, 0) is 9.53 Å². The fourth-order valence-corrected chi connectivity index (χ4v) is 6.53. The maximum Gasteiger partial charge on any atom is 0.306 e. The van der Waals surface area contributed by atoms with Gasteiger partial charge in [-0.05, 0) is 12.8 Å². The van der Waals surface area contributed by atoms with Crippen molar-refractivity contribution in [2.45, 2.75) is 237 Å². The Morgan fingerprint density at radius 1 is 0.488 bits per heavy atom. The molecule has 0 aromatic rings. The molecule has 0 rings (SSSR count). The lowest BCUT2D eigenvalue weighted by molar-refractivity contribution is -0.151. The van der Waals surface area contributed by atoms with Crippen molar-refractivity contribution >= 4 is 18.6 Å². The standard InChI is InChI=1S/C39H78O3S/c1-3-5-7-9-11-13-15-17-19-21-22-24-26-28-30-32-34-38(43)37(36-40)42-39(41)35-33-31-29-27-25-23-20-18-16-14-12-10-8-6-4-2/h37-38,40,43H,3-36H2,1-2H3. The number of hydrogen-bond acceptors (Lipinski definition) is 4. The Bertz CT molecular complexity index is 541. The van der Waals surface area contributed by atoms with Crippen LogP contribution >= 0.6 is 12.6 Å². The van der Waals surface area contributed by atoms with Crippen LogP contribution in [0.15, 0.2) is 0 Å². The number of esters is 1. The fourth-order valence-electron chi connectivity index (χ4n) is 6.19. The van der Waals surface area contributed by atoms with E-state index in [1.807, 2.05) is 0 Å². The Balaban J connectivity index is 3.50. The summed E-state index contributed by atoms with van der Waals surface area (Å²) < 4.78 is 5.59. The van der Waals surface area contributed by atoms with Crippen molar-refractivity contribution in [2.75, 3.05) is 6.61 Å². The van der Waals surface area contributed by atoms with Crippen LogP contribution in [0.2, 0.25) is 0 Å². The zero-order valence-electron chi connectivity index (χ0n) is 29.4. The molecule has 0 amide bonds. The van der Waals surface area contributed by atoms with Gasteiger partial charge < -0.3 is 9.84 Å². The molecule has 1 N–H and O–H groups in total. The van der Waals surface area contributed by atoms with Crippen molar-refractivity contribution in [3.05, 3.63) is 0 Å². The lowest BCUT2D eigenvalue weighted by atomic mass is 10.0. The van der Waals surface area contributed by atoms with Gasteiger partial charge in [0.1, 0.15) is 6.10 Å². The van der Waals surface area contributed by atoms with E-state index >= 15 is 0 Å². The molecule has 0 aromatic carbocycles. The third kappa shape index (κ3) is 33.0. The van der Waals surface area contributed by atoms with Gasteiger partial charge in [-0.3, -0.25) is 4.79 Å². The summed E-state index contributed by atoms with van der Waals surface area (Å²) in [6.07, 6.45) is 42.5. The van der Waals surface area contributed by atoms with Gasteiger partial charge in [0.25, 0.3) is 0 Å². The summed E-state index contributed by atoms with van der Waals surface area (Å²) in [5.41, 5.74) is 0. The van der Waals surface area contributed by atoms with Gasteiger partial charge in [0.15, 0.2) is 0 Å². The van der Waals surface area contributed by atoms with E-state index in [0.717, 1.165) is 25.7 Å². The highest BCUT2D eigenvalue weighted by Gasteiger charge is 2.21. The van der Waals surface area contributed by atoms with Gasteiger partial charge in [0, 0.05) is 11.7 Å². The summed E-state index contributed by atoms with van der Waals surface area (Å²) >= 11 is 4.67. The number of carbonyl (C=O) groups excluding carboxylic acids is 1. The van der Waals surface area contributed by atoms with Crippen molar-refractivity contribution in [1.29, 1.82) is 0 Å². The van der Waals surface area contributed by atoms with Gasteiger partial charge in [-0.2, -0.15) is 12.6 Å². The maximum absolute atomic E-state index is 12.3. The van der Waals surface area contributed by atoms with Gasteiger partial charge in [-0.1, -0.05) is 206 Å². The molecule has 0 fully saturated rings. The first kappa shape index (κ1) is 42.8. The minimum atomic E-state index is -0.469. The SMILES string of the molecule is CCCCCCCCCCCCCCCCCCC(S)C(CO)OC(=O)CCCCCCCCCCCCCCCCC. The molecule has 2 unspecified atom stereocenters. The molecular weight excluding hydrogens is 548 g/mol. The molecule has 258 valence electrons. The van der Waals surface area contributed by atoms with Crippen LogP contribution < -0.4 is 0 Å². The lowest BCUT2D eigenvalue weighted by Gasteiger charge is -2.21. The first-order valence-electron chi connectivity index (χ1n) is 19.6. The number of rotatable bonds is 36. The van der Waals surface area contributed by atoms with E-state index in [1.54, 1.807) is 0 Å². The summed E-state index contributed by atoms with van der Waals surface area (Å²) in [6, 6.07) is 0. The Hall–Kier alpha value is -0.220. The van der Waals surface area contributed by atoms with Gasteiger partial charge in [-0.25, -0.2) is 0 Å². The Morgan fingerprint density at radius 2 is 0.767 bits per heavy atom. The van der Waals surface area contributed by atoms with Crippen LogP contribution in [0.5, 0.6) is 0 Å². The monoisotopic (exact) mass is 627 g/mol. The first-order valence-corrected chi connectivity index (χ1v) is 20.2. The second-order valence-electron chi connectivity index (χ2n) is 13.6. The quantitative estimate of drug-likeness (QED) is 0.0413. The van der Waals surface area contributed by atoms with Crippen molar-refractivity contribution in [1.82, 2.24) is 0 Å². The molecule has 0 saturated heterocycles. The van der Waals surface area contributed by atoms with Crippen LogP contribution in [0.1, 0.15) is 226 Å². The van der Waals surface area contributed by atoms with Crippen LogP contribution in [0.4, 0.5) is 0 Å². The molecule has 3 nitrogen and oxygen atoms in total. The minimum Gasteiger partial charge on any atom is -0.459 e. The third-order valence-electron chi connectivity index (χ3n) is 9.23. The van der Waals surface area contributed by atoms with Crippen molar-refractivity contribution in [3.63, 3.8) is 0 Å². The van der Waals surface area contributed by atoms with Crippen LogP contribution in [0, 0.1) is 0 Å². The molecule has 0 bridgehead atoms. The molecule has 0 heterocycles. The molecule has 0 spiro atoms. The van der Waals surface area contributed by atoms with E-state index < -0.39 is 6.10 Å². The van der Waals surface area contributed by atoms with Crippen LogP contribution in [-0.4, -0.2) is 29.0 Å². The highest BCUT2D eigenvalue weighted by molar-refractivity contribution is 7.81. The van der Waals surface area contributed by atoms with Crippen molar-refractivity contribution in [3.8, 4) is 0 Å². The molecule has 0 aromatic heterocycles. The molecule has 4 heteroatoms. The normalized spacial score (nSPS) is 12.9. The number of thiol groups is 1. The Labute approximate surface area is 276 Å². The highest BCUT2D eigenvalue weighted by atomic mass is 32.1. The second kappa shape index (κ2) is 36.3. The van der Waals surface area contributed by atoms with Gasteiger partial charge in [0.2, 0.25) is 0 Å². The smallest absolute Gasteiger partial charge is 0.306 e. The Morgan fingerprint density at radius 3 is 1.07 bits per heavy atom. The van der Waals surface area contributed by atoms with Gasteiger partial charge in [-0.15, -0.1) is 0 Å². The molecule has 0 radical (unpaired) electrons. The molecule has 0 saturated carbocycles. The number of aliphatic hydroxyl groups is 1. The van der Waals surface area contributed by atoms with Crippen LogP contribution in [0.3, 0.4) is 0 Å². The van der Waals surface area contributed by atoms with Gasteiger partial charge in [0.05, 0.1) is 6.61 Å². The number of carbonyl (C=O) groups is 1. The summed E-state index contributed by atoms with van der Waals surface area (Å²) in [5.74, 6) is -0.167.